The minimum atomic E-state index is -0.901. The summed E-state index contributed by atoms with van der Waals surface area (Å²) in [6.45, 7) is 2.71. The molecule has 0 radical (unpaired) electrons. The van der Waals surface area contributed by atoms with E-state index in [2.05, 4.69) is 10.3 Å². The fourth-order valence-corrected chi connectivity index (χ4v) is 1.93. The molecule has 6 nitrogen and oxygen atoms in total. The molecule has 4 N–H and O–H groups in total. The maximum absolute atomic E-state index is 10.3. The molecule has 0 saturated carbocycles. The normalized spacial score (nSPS) is 26.8. The number of anilines is 2. The van der Waals surface area contributed by atoms with Crippen LogP contribution in [0.25, 0.3) is 0 Å². The van der Waals surface area contributed by atoms with Gasteiger partial charge in [-0.1, -0.05) is 0 Å². The molecule has 1 saturated heterocycles. The Balaban J connectivity index is 2.05. The molecular weight excluding hydrogens is 232 g/mol. The van der Waals surface area contributed by atoms with Crippen LogP contribution in [-0.2, 0) is 4.74 Å². The molecule has 6 heteroatoms. The Morgan fingerprint density at radius 1 is 1.78 bits per heavy atom. The standard InChI is InChI=1S/C12H16N4O2/c1-8-12(17,2-3-18-8)7-16-11-10(14)4-9(5-13)6-15-11/h4,6,8,17H,2-3,7,14H2,1H3,(H,15,16). The summed E-state index contributed by atoms with van der Waals surface area (Å²) in [7, 11) is 0. The van der Waals surface area contributed by atoms with Gasteiger partial charge in [-0.25, -0.2) is 4.98 Å². The Labute approximate surface area is 105 Å². The van der Waals surface area contributed by atoms with Gasteiger partial charge in [-0.15, -0.1) is 0 Å². The molecule has 1 aliphatic heterocycles. The van der Waals surface area contributed by atoms with Crippen LogP contribution in [0.1, 0.15) is 18.9 Å². The number of nitrogens with one attached hydrogen (secondary N) is 1. The molecule has 1 aromatic heterocycles. The van der Waals surface area contributed by atoms with Crippen molar-refractivity contribution in [3.63, 3.8) is 0 Å². The van der Waals surface area contributed by atoms with E-state index in [0.717, 1.165) is 0 Å². The lowest BCUT2D eigenvalue weighted by molar-refractivity contribution is -0.0176. The molecule has 2 atom stereocenters. The SMILES string of the molecule is CC1OCCC1(O)CNc1ncc(C#N)cc1N. The molecule has 1 aromatic rings. The first kappa shape index (κ1) is 12.6. The Morgan fingerprint density at radius 2 is 2.56 bits per heavy atom. The fraction of sp³-hybridized carbons (Fsp3) is 0.500. The predicted molar refractivity (Wildman–Crippen MR) is 66.8 cm³/mol. The van der Waals surface area contributed by atoms with E-state index in [-0.39, 0.29) is 6.10 Å². The number of nitrogen functional groups attached to an aromatic ring is 1. The Bertz CT molecular complexity index is 485. The number of rotatable bonds is 3. The summed E-state index contributed by atoms with van der Waals surface area (Å²) < 4.78 is 5.34. The Hall–Kier alpha value is -1.84. The summed E-state index contributed by atoms with van der Waals surface area (Å²) in [6, 6.07) is 3.52. The van der Waals surface area contributed by atoms with Crippen LogP contribution in [-0.4, -0.2) is 34.9 Å². The topological polar surface area (TPSA) is 104 Å². The second kappa shape index (κ2) is 4.80. The number of pyridine rings is 1. The molecular formula is C12H16N4O2. The second-order valence-corrected chi connectivity index (χ2v) is 4.49. The number of ether oxygens (including phenoxy) is 1. The van der Waals surface area contributed by atoms with Crippen molar-refractivity contribution in [2.45, 2.75) is 25.0 Å². The molecule has 18 heavy (non-hydrogen) atoms. The Morgan fingerprint density at radius 3 is 3.11 bits per heavy atom. The molecule has 96 valence electrons. The van der Waals surface area contributed by atoms with E-state index in [4.69, 9.17) is 15.7 Å². The van der Waals surface area contributed by atoms with Gasteiger partial charge in [0.25, 0.3) is 0 Å². The molecule has 2 unspecified atom stereocenters. The van der Waals surface area contributed by atoms with Crippen molar-refractivity contribution in [2.75, 3.05) is 24.2 Å². The van der Waals surface area contributed by atoms with E-state index >= 15 is 0 Å². The van der Waals surface area contributed by atoms with Crippen molar-refractivity contribution in [3.05, 3.63) is 17.8 Å². The van der Waals surface area contributed by atoms with E-state index in [1.54, 1.807) is 6.07 Å². The summed E-state index contributed by atoms with van der Waals surface area (Å²) in [5.41, 5.74) is 5.67. The number of hydrogen-bond donors (Lipinski definition) is 3. The average Bonchev–Trinajstić information content (AvgIpc) is 2.68. The molecule has 0 aromatic carbocycles. The number of aromatic nitrogens is 1. The molecule has 0 aliphatic carbocycles. The van der Waals surface area contributed by atoms with Crippen molar-refractivity contribution in [2.24, 2.45) is 0 Å². The molecule has 0 amide bonds. The van der Waals surface area contributed by atoms with Gasteiger partial charge in [-0.3, -0.25) is 0 Å². The first-order valence-corrected chi connectivity index (χ1v) is 5.78. The van der Waals surface area contributed by atoms with E-state index < -0.39 is 5.60 Å². The summed E-state index contributed by atoms with van der Waals surface area (Å²) in [6.07, 6.45) is 1.80. The minimum absolute atomic E-state index is 0.218. The largest absolute Gasteiger partial charge is 0.396 e. The molecule has 2 heterocycles. The molecule has 2 rings (SSSR count). The highest BCUT2D eigenvalue weighted by Gasteiger charge is 2.39. The maximum atomic E-state index is 10.3. The van der Waals surface area contributed by atoms with Crippen LogP contribution in [0.5, 0.6) is 0 Å². The zero-order valence-electron chi connectivity index (χ0n) is 10.2. The van der Waals surface area contributed by atoms with Gasteiger partial charge in [0.1, 0.15) is 17.5 Å². The highest BCUT2D eigenvalue weighted by Crippen LogP contribution is 2.26. The zero-order chi connectivity index (χ0) is 13.2. The van der Waals surface area contributed by atoms with Crippen LogP contribution < -0.4 is 11.1 Å². The summed E-state index contributed by atoms with van der Waals surface area (Å²) in [5.74, 6) is 0.474. The van der Waals surface area contributed by atoms with Crippen molar-refractivity contribution in [1.29, 1.82) is 5.26 Å². The second-order valence-electron chi connectivity index (χ2n) is 4.49. The van der Waals surface area contributed by atoms with Crippen LogP contribution in [0.4, 0.5) is 11.5 Å². The average molecular weight is 248 g/mol. The van der Waals surface area contributed by atoms with Gasteiger partial charge in [-0.2, -0.15) is 5.26 Å². The van der Waals surface area contributed by atoms with Gasteiger partial charge < -0.3 is 20.9 Å². The predicted octanol–water partition coefficient (Wildman–Crippen LogP) is 0.487. The van der Waals surface area contributed by atoms with E-state index in [1.807, 2.05) is 13.0 Å². The van der Waals surface area contributed by atoms with Crippen LogP contribution in [0, 0.1) is 11.3 Å². The quantitative estimate of drug-likeness (QED) is 0.719. The molecule has 1 aliphatic rings. The molecule has 1 fully saturated rings. The third kappa shape index (κ3) is 2.37. The number of hydrogen-bond acceptors (Lipinski definition) is 6. The number of aliphatic hydroxyl groups is 1. The smallest absolute Gasteiger partial charge is 0.149 e. The number of nitrogens with two attached hydrogens (primary N) is 1. The van der Waals surface area contributed by atoms with Crippen LogP contribution in [0.2, 0.25) is 0 Å². The zero-order valence-corrected chi connectivity index (χ0v) is 10.2. The first-order valence-electron chi connectivity index (χ1n) is 5.78. The fourth-order valence-electron chi connectivity index (χ4n) is 1.93. The van der Waals surface area contributed by atoms with Crippen LogP contribution in [0.15, 0.2) is 12.3 Å². The molecule has 0 spiro atoms. The summed E-state index contributed by atoms with van der Waals surface area (Å²) in [5, 5.41) is 22.0. The van der Waals surface area contributed by atoms with Crippen molar-refractivity contribution < 1.29 is 9.84 Å². The minimum Gasteiger partial charge on any atom is -0.396 e. The molecule has 0 bridgehead atoms. The van der Waals surface area contributed by atoms with Crippen molar-refractivity contribution in [3.8, 4) is 6.07 Å². The van der Waals surface area contributed by atoms with E-state index in [9.17, 15) is 5.11 Å². The third-order valence-corrected chi connectivity index (χ3v) is 3.27. The van der Waals surface area contributed by atoms with Gasteiger partial charge in [-0.05, 0) is 13.0 Å². The van der Waals surface area contributed by atoms with Crippen molar-refractivity contribution in [1.82, 2.24) is 4.98 Å². The van der Waals surface area contributed by atoms with Gasteiger partial charge in [0.15, 0.2) is 0 Å². The Kier molecular flexibility index (Phi) is 3.36. The lowest BCUT2D eigenvalue weighted by Gasteiger charge is -2.26. The summed E-state index contributed by atoms with van der Waals surface area (Å²) >= 11 is 0. The van der Waals surface area contributed by atoms with Gasteiger partial charge >= 0.3 is 0 Å². The van der Waals surface area contributed by atoms with Crippen LogP contribution in [0.3, 0.4) is 0 Å². The lowest BCUT2D eigenvalue weighted by Crippen LogP contribution is -2.43. The first-order chi connectivity index (χ1) is 8.55. The van der Waals surface area contributed by atoms with E-state index in [0.29, 0.717) is 36.6 Å². The summed E-state index contributed by atoms with van der Waals surface area (Å²) in [4.78, 5) is 4.06. The highest BCUT2D eigenvalue weighted by atomic mass is 16.5. The van der Waals surface area contributed by atoms with E-state index in [1.165, 1.54) is 6.20 Å². The monoisotopic (exact) mass is 248 g/mol. The maximum Gasteiger partial charge on any atom is 0.149 e. The van der Waals surface area contributed by atoms with Crippen molar-refractivity contribution >= 4 is 11.5 Å². The lowest BCUT2D eigenvalue weighted by atomic mass is 9.97. The van der Waals surface area contributed by atoms with Gasteiger partial charge in [0, 0.05) is 25.8 Å². The number of nitriles is 1. The third-order valence-electron chi connectivity index (χ3n) is 3.27. The van der Waals surface area contributed by atoms with Gasteiger partial charge in [0.2, 0.25) is 0 Å². The van der Waals surface area contributed by atoms with Gasteiger partial charge in [0.05, 0.1) is 17.4 Å². The highest BCUT2D eigenvalue weighted by molar-refractivity contribution is 5.63. The van der Waals surface area contributed by atoms with Crippen LogP contribution >= 0.6 is 0 Å². The number of nitrogens with zero attached hydrogens (tertiary/aromatic N) is 2.